The number of allylic oxidation sites excluding steroid dienone is 1. The highest BCUT2D eigenvalue weighted by molar-refractivity contribution is 7.56. The summed E-state index contributed by atoms with van der Waals surface area (Å²) in [7, 11) is -4.38. The average Bonchev–Trinajstić information content (AvgIpc) is 3.06. The Labute approximate surface area is 282 Å². The maximum absolute atomic E-state index is 11.5. The van der Waals surface area contributed by atoms with E-state index in [4.69, 9.17) is 0 Å². The Kier molecular flexibility index (Phi) is 25.2. The number of nitrogens with one attached hydrogen (secondary N) is 1. The molecule has 0 saturated carbocycles. The van der Waals surface area contributed by atoms with Crippen LogP contribution in [0.3, 0.4) is 0 Å². The van der Waals surface area contributed by atoms with Crippen LogP contribution in [0.25, 0.3) is 0 Å². The number of hydrogen-bond donors (Lipinski definition) is 1. The van der Waals surface area contributed by atoms with Gasteiger partial charge in [-0.2, -0.15) is 0 Å². The second kappa shape index (κ2) is 30.3. The minimum absolute atomic E-state index is 0.0410. The zero-order valence-electron chi connectivity index (χ0n) is 25.4. The van der Waals surface area contributed by atoms with Gasteiger partial charge in [0.15, 0.2) is 0 Å². The third kappa shape index (κ3) is 30.8. The van der Waals surface area contributed by atoms with Crippen molar-refractivity contribution >= 4 is 13.5 Å². The second-order valence-electron chi connectivity index (χ2n) is 6.93. The molecule has 0 aromatic heterocycles. The van der Waals surface area contributed by atoms with E-state index in [1.807, 2.05) is 12.6 Å². The fraction of sp³-hybridized carbons (Fsp3) is 0.119. The van der Waals surface area contributed by atoms with E-state index in [1.54, 1.807) is 0 Å². The van der Waals surface area contributed by atoms with Crippen LogP contribution in [0.4, 0.5) is 0 Å². The molecule has 0 spiro atoms. The molecule has 218 valence electrons. The van der Waals surface area contributed by atoms with Crippen LogP contribution < -0.4 is 10.2 Å². The fourth-order valence-corrected chi connectivity index (χ4v) is 2.39. The Morgan fingerprint density at radius 3 is 1.31 bits per heavy atom. The van der Waals surface area contributed by atoms with Gasteiger partial charge in [0.1, 0.15) is 0 Å². The summed E-state index contributed by atoms with van der Waals surface area (Å²) in [6.07, 6.45) is 0.682. The smallest absolute Gasteiger partial charge is 0.216 e. The maximum Gasteiger partial charge on any atom is 0.216 e. The summed E-state index contributed by atoms with van der Waals surface area (Å²) in [6.45, 7) is 6.41. The SMILES string of the molecule is C=C=C=C=C=C(C#CC#CC#CC#CC#CC#CC#CC#CC#CC#CC#CC#CC#CC#CC#CP(=O)([O-])OCCNC(C)=O)CC. The normalized spacial score (nSPS) is 7.06. The third-order valence-electron chi connectivity index (χ3n) is 3.55. The minimum atomic E-state index is -4.38. The zero-order chi connectivity index (χ0) is 35.2. The Hall–Kier alpha value is -8.12. The highest BCUT2D eigenvalue weighted by Gasteiger charge is 2.02. The van der Waals surface area contributed by atoms with E-state index in [0.717, 1.165) is 5.57 Å². The fourth-order valence-electron chi connectivity index (χ4n) is 1.80. The first kappa shape index (κ1) is 39.9. The van der Waals surface area contributed by atoms with Crippen molar-refractivity contribution < 1.29 is 18.8 Å². The summed E-state index contributed by atoms with van der Waals surface area (Å²) < 4.78 is 16.1. The predicted octanol–water partition coefficient (Wildman–Crippen LogP) is 1.29. The van der Waals surface area contributed by atoms with Gasteiger partial charge in [0, 0.05) is 84.5 Å². The molecule has 1 N–H and O–H groups in total. The molecule has 0 aromatic carbocycles. The van der Waals surface area contributed by atoms with Crippen LogP contribution in [0.5, 0.6) is 0 Å². The van der Waals surface area contributed by atoms with Gasteiger partial charge in [-0.1, -0.05) is 12.7 Å². The molecule has 0 aliphatic rings. The molecule has 5 nitrogen and oxygen atoms in total. The van der Waals surface area contributed by atoms with Gasteiger partial charge in [0.25, 0.3) is 0 Å². The minimum Gasteiger partial charge on any atom is -0.769 e. The van der Waals surface area contributed by atoms with Crippen molar-refractivity contribution in [3.8, 4) is 177 Å². The van der Waals surface area contributed by atoms with Crippen molar-refractivity contribution in [2.45, 2.75) is 20.3 Å². The van der Waals surface area contributed by atoms with E-state index >= 15 is 0 Å². The standard InChI is InChI=1S/C42H16NO4P/c1-4-6-33-36-42(5-2)37-34-31-29-27-25-23-21-19-17-15-13-11-9-7-8-10-12-14-16-18-20-22-24-26-28-30-32-35-40-48(45,46)47-39-38-43-41(3)44/h1,5,38-39H2,2-3H3,(H,43,44)(H,45,46)/p-1. The molecule has 0 saturated heterocycles. The maximum atomic E-state index is 11.5. The molecular weight excluding hydrogens is 613 g/mol. The molecule has 0 bridgehead atoms. The number of amides is 1. The van der Waals surface area contributed by atoms with Crippen LogP contribution in [-0.2, 0) is 13.9 Å². The molecule has 0 aliphatic heterocycles. The summed E-state index contributed by atoms with van der Waals surface area (Å²) in [4.78, 5) is 22.2. The monoisotopic (exact) mass is 628 g/mol. The van der Waals surface area contributed by atoms with Gasteiger partial charge in [0.05, 0.1) is 12.2 Å². The first-order valence-electron chi connectivity index (χ1n) is 12.8. The van der Waals surface area contributed by atoms with Crippen molar-refractivity contribution in [3.63, 3.8) is 0 Å². The number of rotatable bonds is 5. The molecule has 1 amide bonds. The van der Waals surface area contributed by atoms with Crippen molar-refractivity contribution in [3.05, 3.63) is 35.1 Å². The van der Waals surface area contributed by atoms with Gasteiger partial charge in [-0.05, 0) is 137 Å². The highest BCUT2D eigenvalue weighted by atomic mass is 31.2. The molecule has 1 unspecified atom stereocenters. The lowest BCUT2D eigenvalue weighted by atomic mass is 10.2. The molecule has 0 rings (SSSR count). The van der Waals surface area contributed by atoms with Crippen molar-refractivity contribution in [2.24, 2.45) is 0 Å². The van der Waals surface area contributed by atoms with Gasteiger partial charge in [0.2, 0.25) is 13.5 Å². The Morgan fingerprint density at radius 2 is 0.979 bits per heavy atom. The molecule has 0 radical (unpaired) electrons. The van der Waals surface area contributed by atoms with Crippen LogP contribution in [0.1, 0.15) is 20.3 Å². The molecule has 48 heavy (non-hydrogen) atoms. The predicted molar refractivity (Wildman–Crippen MR) is 182 cm³/mol. The van der Waals surface area contributed by atoms with E-state index in [0.29, 0.717) is 6.42 Å². The van der Waals surface area contributed by atoms with Gasteiger partial charge in [-0.3, -0.25) is 9.36 Å². The van der Waals surface area contributed by atoms with E-state index in [2.05, 4.69) is 211 Å². The summed E-state index contributed by atoms with van der Waals surface area (Å²) in [5.41, 5.74) is 13.0. The van der Waals surface area contributed by atoms with Crippen LogP contribution in [0.2, 0.25) is 0 Å². The van der Waals surface area contributed by atoms with Gasteiger partial charge in [-0.15, -0.1) is 0 Å². The lowest BCUT2D eigenvalue weighted by Crippen LogP contribution is -2.24. The zero-order valence-corrected chi connectivity index (χ0v) is 26.3. The van der Waals surface area contributed by atoms with Crippen molar-refractivity contribution in [1.82, 2.24) is 5.32 Å². The molecule has 0 heterocycles. The summed E-state index contributed by atoms with van der Waals surface area (Å²) in [5, 5.41) is 2.38. The highest BCUT2D eigenvalue weighted by Crippen LogP contribution is 2.34. The lowest BCUT2D eigenvalue weighted by molar-refractivity contribution is -0.193. The van der Waals surface area contributed by atoms with E-state index in [-0.39, 0.29) is 19.1 Å². The van der Waals surface area contributed by atoms with Gasteiger partial charge >= 0.3 is 0 Å². The summed E-state index contributed by atoms with van der Waals surface area (Å²) in [6, 6.07) is 0. The molecule has 1 atom stereocenters. The third-order valence-corrected chi connectivity index (χ3v) is 4.46. The summed E-state index contributed by atoms with van der Waals surface area (Å²) >= 11 is 0. The summed E-state index contributed by atoms with van der Waals surface area (Å²) in [5.74, 6) is 71.3. The van der Waals surface area contributed by atoms with Gasteiger partial charge in [-0.25, -0.2) is 0 Å². The van der Waals surface area contributed by atoms with Crippen molar-refractivity contribution in [1.29, 1.82) is 0 Å². The Balaban J connectivity index is 4.65. The number of carbonyl (C=O) groups is 1. The topological polar surface area (TPSA) is 78.5 Å². The lowest BCUT2D eigenvalue weighted by Gasteiger charge is -2.16. The first-order valence-corrected chi connectivity index (χ1v) is 14.3. The second-order valence-corrected chi connectivity index (χ2v) is 8.41. The quantitative estimate of drug-likeness (QED) is 0.216. The van der Waals surface area contributed by atoms with E-state index in [9.17, 15) is 14.3 Å². The molecule has 6 heteroatoms. The Morgan fingerprint density at radius 1 is 0.625 bits per heavy atom. The molecule has 0 fully saturated rings. The molecule has 0 aromatic rings. The van der Waals surface area contributed by atoms with E-state index in [1.165, 1.54) is 6.92 Å². The van der Waals surface area contributed by atoms with Crippen LogP contribution >= 0.6 is 7.60 Å². The average molecular weight is 629 g/mol. The van der Waals surface area contributed by atoms with Crippen molar-refractivity contribution in [2.75, 3.05) is 13.2 Å². The Bertz CT molecular complexity index is 2510. The van der Waals surface area contributed by atoms with Crippen LogP contribution in [0.15, 0.2) is 35.1 Å². The number of hydrogen-bond acceptors (Lipinski definition) is 4. The largest absolute Gasteiger partial charge is 0.769 e. The molecular formula is C42H15NO4P-. The first-order chi connectivity index (χ1) is 23.4. The molecule has 0 aliphatic carbocycles. The van der Waals surface area contributed by atoms with Crippen LogP contribution in [0, 0.1) is 177 Å². The van der Waals surface area contributed by atoms with Crippen LogP contribution in [-0.4, -0.2) is 19.1 Å². The van der Waals surface area contributed by atoms with E-state index < -0.39 is 7.60 Å². The van der Waals surface area contributed by atoms with Gasteiger partial charge < -0.3 is 14.7 Å². The number of carbonyl (C=O) groups excluding carboxylic acids is 1.